The molecule has 9 rings (SSSR count). The third-order valence-corrected chi connectivity index (χ3v) is 16.2. The van der Waals surface area contributed by atoms with Crippen LogP contribution in [0.2, 0.25) is 0 Å². The summed E-state index contributed by atoms with van der Waals surface area (Å²) in [6, 6.07) is 19.5. The lowest BCUT2D eigenvalue weighted by Crippen LogP contribution is -2.50. The van der Waals surface area contributed by atoms with Crippen LogP contribution in [0.25, 0.3) is 5.57 Å². The molecule has 4 heterocycles. The van der Waals surface area contributed by atoms with E-state index in [2.05, 4.69) is 18.5 Å². The van der Waals surface area contributed by atoms with E-state index in [1.165, 1.54) is 24.2 Å². The molecule has 5 atom stereocenters. The van der Waals surface area contributed by atoms with Crippen LogP contribution >= 0.6 is 0 Å². The Morgan fingerprint density at radius 2 is 1.46 bits per heavy atom. The van der Waals surface area contributed by atoms with Gasteiger partial charge >= 0.3 is 18.2 Å². The number of aryl methyl sites for hydroxylation is 2. The number of hydrogen-bond donors (Lipinski definition) is 2. The summed E-state index contributed by atoms with van der Waals surface area (Å²) in [6.45, 7) is 16.9. The third-order valence-electron chi connectivity index (χ3n) is 16.2. The lowest BCUT2D eigenvalue weighted by molar-refractivity contribution is -0.146. The van der Waals surface area contributed by atoms with Crippen molar-refractivity contribution in [3.8, 4) is 17.2 Å². The zero-order valence-electron chi connectivity index (χ0n) is 48.0. The molecule has 19 nitrogen and oxygen atoms in total. The zero-order chi connectivity index (χ0) is 59.3. The predicted molar refractivity (Wildman–Crippen MR) is 309 cm³/mol. The van der Waals surface area contributed by atoms with Gasteiger partial charge in [-0.2, -0.15) is 0 Å². The minimum absolute atomic E-state index is 0.00646. The minimum atomic E-state index is -1.44. The number of aliphatic hydroxyl groups excluding tert-OH is 1. The summed E-state index contributed by atoms with van der Waals surface area (Å²) in [5, 5.41) is 14.9. The van der Waals surface area contributed by atoms with E-state index in [1.807, 2.05) is 51.2 Å². The number of carbonyl (C=O) groups is 7. The molecule has 4 aliphatic heterocycles. The van der Waals surface area contributed by atoms with Gasteiger partial charge in [0.1, 0.15) is 25.6 Å². The normalized spacial score (nSPS) is 19.0. The molecule has 1 saturated heterocycles. The van der Waals surface area contributed by atoms with Crippen molar-refractivity contribution in [3.05, 3.63) is 143 Å². The Bertz CT molecular complexity index is 3200. The molecule has 0 aromatic heterocycles. The fourth-order valence-electron chi connectivity index (χ4n) is 11.2. The Morgan fingerprint density at radius 1 is 0.795 bits per heavy atom. The standard InChI is InChI=1S/C64H73N5O14/c1-9-22-81-57(71)30-47(38(3)4)58(72)65-41(7)53(70)27-42-14-16-43(17-15-42)36-83-63(77)69-51-32-54(40(6)26-48(51)60(74)68-37-64(20-21-64)33-52(68)61(69)75)79-24-11-25-80-56-31-50-49(29-55(56)78-8)59(73)66-34-45(44-18-12-39(5)13-19-44)28-46(66)35-67(50)62(76)82-23-10-2/h9-10,12-19,26,29,31-32,34,38,41,46-47,52,61,75H,1-2,11,20-25,27-28,30,33,35-37H2,3-8H3,(H,65,72)/t41-,46-,47-,52-,61-/m0/s1. The lowest BCUT2D eigenvalue weighted by Gasteiger charge is -2.31. The molecule has 2 fully saturated rings. The van der Waals surface area contributed by atoms with Gasteiger partial charge < -0.3 is 48.6 Å². The minimum Gasteiger partial charge on any atom is -0.493 e. The number of esters is 1. The van der Waals surface area contributed by atoms with E-state index in [0.717, 1.165) is 34.4 Å². The Kier molecular flexibility index (Phi) is 18.1. The van der Waals surface area contributed by atoms with Crippen molar-refractivity contribution in [2.45, 2.75) is 111 Å². The Morgan fingerprint density at radius 3 is 2.13 bits per heavy atom. The highest BCUT2D eigenvalue weighted by molar-refractivity contribution is 6.07. The van der Waals surface area contributed by atoms with E-state index in [0.29, 0.717) is 53.9 Å². The van der Waals surface area contributed by atoms with Crippen molar-refractivity contribution < 1.29 is 67.1 Å². The molecule has 0 bridgehead atoms. The van der Waals surface area contributed by atoms with E-state index in [1.54, 1.807) is 72.2 Å². The van der Waals surface area contributed by atoms with E-state index in [4.69, 9.17) is 28.4 Å². The van der Waals surface area contributed by atoms with Gasteiger partial charge in [-0.05, 0) is 97.7 Å². The van der Waals surface area contributed by atoms with Gasteiger partial charge in [0.05, 0.1) is 79.8 Å². The number of nitrogens with zero attached hydrogens (tertiary/aromatic N) is 4. The fourth-order valence-corrected chi connectivity index (χ4v) is 11.2. The molecule has 5 amide bonds. The number of aliphatic hydroxyl groups is 1. The quantitative estimate of drug-likeness (QED) is 0.0325. The molecule has 83 heavy (non-hydrogen) atoms. The number of Topliss-reactive ketones (excluding diaryl/α,β-unsaturated/α-hetero) is 1. The van der Waals surface area contributed by atoms with Crippen molar-refractivity contribution in [1.82, 2.24) is 15.1 Å². The van der Waals surface area contributed by atoms with Crippen molar-refractivity contribution in [3.63, 3.8) is 0 Å². The van der Waals surface area contributed by atoms with Gasteiger partial charge in [-0.3, -0.25) is 28.9 Å². The predicted octanol–water partition coefficient (Wildman–Crippen LogP) is 9.04. The maximum absolute atomic E-state index is 14.4. The topological polar surface area (TPSA) is 220 Å². The number of ether oxygens (including phenoxy) is 6. The summed E-state index contributed by atoms with van der Waals surface area (Å²) >= 11 is 0. The van der Waals surface area contributed by atoms with Gasteiger partial charge in [-0.15, -0.1) is 0 Å². The van der Waals surface area contributed by atoms with E-state index in [-0.39, 0.29) is 116 Å². The first-order valence-corrected chi connectivity index (χ1v) is 28.2. The maximum atomic E-state index is 14.4. The van der Waals surface area contributed by atoms with Crippen molar-refractivity contribution in [1.29, 1.82) is 0 Å². The van der Waals surface area contributed by atoms with Crippen molar-refractivity contribution >= 4 is 58.6 Å². The van der Waals surface area contributed by atoms with Gasteiger partial charge in [-0.1, -0.05) is 93.3 Å². The molecule has 0 unspecified atom stereocenters. The third kappa shape index (κ3) is 13.1. The van der Waals surface area contributed by atoms with Gasteiger partial charge in [-0.25, -0.2) is 14.5 Å². The number of carbonyl (C=O) groups excluding carboxylic acids is 7. The van der Waals surface area contributed by atoms with Gasteiger partial charge in [0.25, 0.3) is 11.8 Å². The fraction of sp³-hybridized carbons (Fsp3) is 0.422. The number of amides is 5. The molecular weight excluding hydrogens is 1060 g/mol. The second-order valence-electron chi connectivity index (χ2n) is 22.5. The smallest absolute Gasteiger partial charge is 0.416 e. The highest BCUT2D eigenvalue weighted by atomic mass is 16.6. The first kappa shape index (κ1) is 59.2. The number of anilines is 2. The van der Waals surface area contributed by atoms with E-state index >= 15 is 0 Å². The van der Waals surface area contributed by atoms with Crippen molar-refractivity contribution in [2.75, 3.05) is 56.4 Å². The highest BCUT2D eigenvalue weighted by Gasteiger charge is 2.58. The lowest BCUT2D eigenvalue weighted by atomic mass is 9.91. The number of benzene rings is 4. The van der Waals surface area contributed by atoms with Crippen LogP contribution in [0, 0.1) is 31.1 Å². The number of nitrogens with one attached hydrogen (secondary N) is 1. The molecule has 1 saturated carbocycles. The summed E-state index contributed by atoms with van der Waals surface area (Å²) in [5.74, 6) is -1.75. The molecule has 1 spiro atoms. The van der Waals surface area contributed by atoms with Crippen LogP contribution in [0.1, 0.15) is 108 Å². The Labute approximate surface area is 483 Å². The molecule has 0 radical (unpaired) electrons. The monoisotopic (exact) mass is 1140 g/mol. The zero-order valence-corrected chi connectivity index (χ0v) is 48.0. The van der Waals surface area contributed by atoms with Gasteiger partial charge in [0, 0.05) is 37.7 Å². The highest BCUT2D eigenvalue weighted by Crippen LogP contribution is 2.57. The first-order chi connectivity index (χ1) is 39.8. The summed E-state index contributed by atoms with van der Waals surface area (Å²) in [6.07, 6.45) is 4.92. The molecule has 2 N–H and O–H groups in total. The number of fused-ring (bicyclic) bond motifs is 4. The molecular formula is C64H73N5O14. The van der Waals surface area contributed by atoms with Gasteiger partial charge in [0.2, 0.25) is 5.91 Å². The second kappa shape index (κ2) is 25.4. The summed E-state index contributed by atoms with van der Waals surface area (Å²) in [5.41, 5.74) is 5.76. The average molecular weight is 1140 g/mol. The summed E-state index contributed by atoms with van der Waals surface area (Å²) < 4.78 is 34.9. The first-order valence-electron chi connectivity index (χ1n) is 28.2. The molecule has 4 aromatic rings. The van der Waals surface area contributed by atoms with E-state index in [9.17, 15) is 38.7 Å². The van der Waals surface area contributed by atoms with Crippen LogP contribution in [-0.2, 0) is 41.6 Å². The van der Waals surface area contributed by atoms with E-state index < -0.39 is 48.3 Å². The number of hydrogen-bond acceptors (Lipinski definition) is 14. The van der Waals surface area contributed by atoms with Crippen LogP contribution in [-0.4, -0.2) is 128 Å². The molecule has 438 valence electrons. The SMILES string of the molecule is C=CCOC(=O)C[C@H](C(=O)N[C@@H](C)C(=O)Cc1ccc(COC(=O)N2c3cc(OCCCOc4cc5c(cc4OC)C(=O)N4C=C(c6ccc(C)cc6)C[C@H]4CN5C(=O)OCC=C)c(C)cc3C(=O)N3CC4(CC4)C[C@H]3[C@@H]2O)cc1)C(C)C. The maximum Gasteiger partial charge on any atom is 0.416 e. The number of rotatable bonds is 22. The Balaban J connectivity index is 0.859. The van der Waals surface area contributed by atoms with Crippen LogP contribution in [0.15, 0.2) is 104 Å². The van der Waals surface area contributed by atoms with Crippen LogP contribution in [0.3, 0.4) is 0 Å². The summed E-state index contributed by atoms with van der Waals surface area (Å²) in [7, 11) is 1.47. The number of methoxy groups -OCH3 is 1. The summed E-state index contributed by atoms with van der Waals surface area (Å²) in [4.78, 5) is 101. The average Bonchev–Trinajstić information content (AvgIpc) is 1.95. The molecule has 19 heteroatoms. The number of ketones is 1. The van der Waals surface area contributed by atoms with Crippen LogP contribution in [0.4, 0.5) is 21.0 Å². The second-order valence-corrected chi connectivity index (χ2v) is 22.5. The van der Waals surface area contributed by atoms with Crippen LogP contribution in [0.5, 0.6) is 17.2 Å². The largest absolute Gasteiger partial charge is 0.493 e. The molecule has 1 aliphatic carbocycles. The molecule has 5 aliphatic rings. The molecule has 4 aromatic carbocycles. The Hall–Kier alpha value is -8.45. The van der Waals surface area contributed by atoms with Crippen LogP contribution < -0.4 is 29.3 Å². The van der Waals surface area contributed by atoms with Crippen molar-refractivity contribution in [2.24, 2.45) is 17.3 Å². The van der Waals surface area contributed by atoms with Gasteiger partial charge in [0.15, 0.2) is 23.5 Å².